The maximum atomic E-state index is 12.9. The molecule has 1 aliphatic heterocycles. The first-order valence-corrected chi connectivity index (χ1v) is 12.5. The smallest absolute Gasteiger partial charge is 0.289 e. The summed E-state index contributed by atoms with van der Waals surface area (Å²) in [6, 6.07) is 5.54. The molecular formula is C22H26N2O4S2. The van der Waals surface area contributed by atoms with Gasteiger partial charge in [0.25, 0.3) is 5.91 Å². The molecule has 1 unspecified atom stereocenters. The highest BCUT2D eigenvalue weighted by atomic mass is 32.2. The summed E-state index contributed by atoms with van der Waals surface area (Å²) in [5.41, 5.74) is 0.876. The molecule has 0 spiro atoms. The SMILES string of the molecule is CSCc1ccc(C(=O)N2C[C@H]3CC[C@@H](C2)C3NC(=O)Cc2csc(C(C)=O)c2)o1. The summed E-state index contributed by atoms with van der Waals surface area (Å²) in [6.45, 7) is 2.83. The van der Waals surface area contributed by atoms with E-state index < -0.39 is 0 Å². The van der Waals surface area contributed by atoms with Crippen molar-refractivity contribution in [2.45, 2.75) is 38.0 Å². The normalized spacial score (nSPS) is 22.9. The number of piperidine rings is 1. The molecule has 2 bridgehead atoms. The van der Waals surface area contributed by atoms with Crippen molar-refractivity contribution in [3.8, 4) is 0 Å². The Morgan fingerprint density at radius 1 is 1.23 bits per heavy atom. The molecule has 1 saturated carbocycles. The third kappa shape index (κ3) is 4.49. The third-order valence-electron chi connectivity index (χ3n) is 5.97. The lowest BCUT2D eigenvalue weighted by Crippen LogP contribution is -2.54. The lowest BCUT2D eigenvalue weighted by atomic mass is 9.91. The van der Waals surface area contributed by atoms with Crippen LogP contribution >= 0.6 is 23.1 Å². The maximum Gasteiger partial charge on any atom is 0.289 e. The number of amides is 2. The van der Waals surface area contributed by atoms with E-state index in [4.69, 9.17) is 4.42 Å². The lowest BCUT2D eigenvalue weighted by molar-refractivity contribution is -0.122. The minimum absolute atomic E-state index is 0.0164. The Morgan fingerprint density at radius 3 is 2.60 bits per heavy atom. The number of likely N-dealkylation sites (tertiary alicyclic amines) is 1. The van der Waals surface area contributed by atoms with Gasteiger partial charge in [-0.25, -0.2) is 0 Å². The van der Waals surface area contributed by atoms with Crippen LogP contribution in [-0.4, -0.2) is 47.9 Å². The van der Waals surface area contributed by atoms with Gasteiger partial charge in [0, 0.05) is 19.1 Å². The zero-order chi connectivity index (χ0) is 21.3. The van der Waals surface area contributed by atoms with Crippen LogP contribution in [0, 0.1) is 11.8 Å². The number of nitrogens with zero attached hydrogens (tertiary/aromatic N) is 1. The molecule has 160 valence electrons. The van der Waals surface area contributed by atoms with Crippen molar-refractivity contribution in [2.24, 2.45) is 11.8 Å². The summed E-state index contributed by atoms with van der Waals surface area (Å²) in [7, 11) is 0. The zero-order valence-corrected chi connectivity index (χ0v) is 18.8. The molecule has 0 aromatic carbocycles. The molecule has 3 heterocycles. The van der Waals surface area contributed by atoms with Crippen molar-refractivity contribution >= 4 is 40.7 Å². The van der Waals surface area contributed by atoms with Crippen LogP contribution in [0.3, 0.4) is 0 Å². The predicted octanol–water partition coefficient (Wildman–Crippen LogP) is 3.62. The van der Waals surface area contributed by atoms with Crippen LogP contribution in [0.5, 0.6) is 0 Å². The molecule has 1 aliphatic carbocycles. The average Bonchev–Trinajstić information content (AvgIpc) is 3.41. The third-order valence-corrected chi connectivity index (χ3v) is 7.63. The van der Waals surface area contributed by atoms with E-state index in [1.165, 1.54) is 18.3 Å². The minimum Gasteiger partial charge on any atom is -0.455 e. The average molecular weight is 447 g/mol. The predicted molar refractivity (Wildman–Crippen MR) is 118 cm³/mol. The van der Waals surface area contributed by atoms with Crippen molar-refractivity contribution in [3.63, 3.8) is 0 Å². The number of nitrogens with one attached hydrogen (secondary N) is 1. The fourth-order valence-corrected chi connectivity index (χ4v) is 5.82. The van der Waals surface area contributed by atoms with E-state index in [9.17, 15) is 14.4 Å². The fourth-order valence-electron chi connectivity index (χ4n) is 4.57. The van der Waals surface area contributed by atoms with Gasteiger partial charge in [-0.05, 0) is 67.0 Å². The second kappa shape index (κ2) is 8.98. The van der Waals surface area contributed by atoms with Gasteiger partial charge in [-0.2, -0.15) is 11.8 Å². The summed E-state index contributed by atoms with van der Waals surface area (Å²) >= 11 is 3.04. The van der Waals surface area contributed by atoms with Crippen LogP contribution in [-0.2, 0) is 17.0 Å². The minimum atomic E-state index is -0.0564. The van der Waals surface area contributed by atoms with Gasteiger partial charge in [-0.15, -0.1) is 11.3 Å². The van der Waals surface area contributed by atoms with Gasteiger partial charge < -0.3 is 14.6 Å². The molecule has 6 nitrogen and oxygen atoms in total. The molecule has 2 fully saturated rings. The molecule has 3 atom stereocenters. The van der Waals surface area contributed by atoms with Gasteiger partial charge in [-0.1, -0.05) is 0 Å². The van der Waals surface area contributed by atoms with Gasteiger partial charge in [-0.3, -0.25) is 14.4 Å². The van der Waals surface area contributed by atoms with Crippen LogP contribution in [0.2, 0.25) is 0 Å². The van der Waals surface area contributed by atoms with Crippen LogP contribution < -0.4 is 5.32 Å². The quantitative estimate of drug-likeness (QED) is 0.657. The number of Topliss-reactive ketones (excluding diaryl/α,β-unsaturated/α-hetero) is 1. The maximum absolute atomic E-state index is 12.9. The molecule has 2 aliphatic rings. The highest BCUT2D eigenvalue weighted by Gasteiger charge is 2.44. The largest absolute Gasteiger partial charge is 0.455 e. The van der Waals surface area contributed by atoms with E-state index in [-0.39, 0.29) is 41.9 Å². The van der Waals surface area contributed by atoms with Crippen LogP contribution in [0.4, 0.5) is 0 Å². The Morgan fingerprint density at radius 2 is 1.97 bits per heavy atom. The van der Waals surface area contributed by atoms with E-state index >= 15 is 0 Å². The van der Waals surface area contributed by atoms with Crippen molar-refractivity contribution in [3.05, 3.63) is 45.5 Å². The summed E-state index contributed by atoms with van der Waals surface area (Å²) in [5.74, 6) is 2.47. The van der Waals surface area contributed by atoms with Gasteiger partial charge in [0.1, 0.15) is 5.76 Å². The second-order valence-electron chi connectivity index (χ2n) is 8.15. The number of fused-ring (bicyclic) bond motifs is 2. The Balaban J connectivity index is 1.34. The Kier molecular flexibility index (Phi) is 6.34. The number of furan rings is 1. The Hall–Kier alpha value is -2.06. The molecule has 0 radical (unpaired) electrons. The molecular weight excluding hydrogens is 420 g/mol. The summed E-state index contributed by atoms with van der Waals surface area (Å²) in [6.07, 6.45) is 4.32. The standard InChI is InChI=1S/C22H26N2O4S2/c1-13(25)19-7-14(11-30-19)8-20(26)23-21-15-3-4-16(21)10-24(9-15)22(27)18-6-5-17(28-18)12-29-2/h5-7,11,15-16,21H,3-4,8-10,12H2,1-2H3,(H,23,26)/t15-,16+,21?. The lowest BCUT2D eigenvalue weighted by Gasteiger charge is -2.38. The zero-order valence-electron chi connectivity index (χ0n) is 17.2. The molecule has 1 saturated heterocycles. The number of rotatable bonds is 7. The number of hydrogen-bond acceptors (Lipinski definition) is 6. The molecule has 8 heteroatoms. The molecule has 2 aromatic rings. The number of hydrogen-bond donors (Lipinski definition) is 1. The first kappa shape index (κ1) is 21.2. The highest BCUT2D eigenvalue weighted by molar-refractivity contribution is 7.97. The fraction of sp³-hybridized carbons (Fsp3) is 0.500. The van der Waals surface area contributed by atoms with Crippen LogP contribution in [0.1, 0.15) is 51.3 Å². The molecule has 2 aromatic heterocycles. The summed E-state index contributed by atoms with van der Waals surface area (Å²) in [4.78, 5) is 39.5. The number of carbonyl (C=O) groups excluding carboxylic acids is 3. The monoisotopic (exact) mass is 446 g/mol. The van der Waals surface area contributed by atoms with E-state index in [1.807, 2.05) is 22.6 Å². The van der Waals surface area contributed by atoms with Gasteiger partial charge in [0.2, 0.25) is 5.91 Å². The number of ketones is 1. The molecule has 2 amide bonds. The molecule has 1 N–H and O–H groups in total. The van der Waals surface area contributed by atoms with Crippen molar-refractivity contribution < 1.29 is 18.8 Å². The Bertz CT molecular complexity index is 937. The van der Waals surface area contributed by atoms with E-state index in [2.05, 4.69) is 5.32 Å². The van der Waals surface area contributed by atoms with Crippen LogP contribution in [0.25, 0.3) is 0 Å². The number of thioether (sulfide) groups is 1. The first-order chi connectivity index (χ1) is 14.4. The topological polar surface area (TPSA) is 79.6 Å². The highest BCUT2D eigenvalue weighted by Crippen LogP contribution is 2.37. The molecule has 4 rings (SSSR count). The summed E-state index contributed by atoms with van der Waals surface area (Å²) < 4.78 is 5.70. The van der Waals surface area contributed by atoms with Crippen molar-refractivity contribution in [1.82, 2.24) is 10.2 Å². The molecule has 30 heavy (non-hydrogen) atoms. The van der Waals surface area contributed by atoms with E-state index in [0.717, 1.165) is 29.9 Å². The number of carbonyl (C=O) groups is 3. The van der Waals surface area contributed by atoms with Gasteiger partial charge in [0.15, 0.2) is 11.5 Å². The summed E-state index contributed by atoms with van der Waals surface area (Å²) in [5, 5.41) is 5.08. The van der Waals surface area contributed by atoms with Crippen molar-refractivity contribution in [1.29, 1.82) is 0 Å². The van der Waals surface area contributed by atoms with Crippen LogP contribution in [0.15, 0.2) is 28.0 Å². The van der Waals surface area contributed by atoms with Gasteiger partial charge >= 0.3 is 0 Å². The van der Waals surface area contributed by atoms with Gasteiger partial charge in [0.05, 0.1) is 17.1 Å². The number of thiophene rings is 1. The van der Waals surface area contributed by atoms with E-state index in [0.29, 0.717) is 23.7 Å². The second-order valence-corrected chi connectivity index (χ2v) is 9.93. The first-order valence-electron chi connectivity index (χ1n) is 10.2. The van der Waals surface area contributed by atoms with E-state index in [1.54, 1.807) is 23.9 Å². The van der Waals surface area contributed by atoms with Crippen molar-refractivity contribution in [2.75, 3.05) is 19.3 Å². The Labute approximate surface area is 184 Å².